The summed E-state index contributed by atoms with van der Waals surface area (Å²) in [6.45, 7) is 6.36. The van der Waals surface area contributed by atoms with E-state index in [9.17, 15) is 4.79 Å². The van der Waals surface area contributed by atoms with Crippen LogP contribution in [0.2, 0.25) is 0 Å². The molecule has 178 valence electrons. The minimum atomic E-state index is -0.110. The average molecular weight is 479 g/mol. The van der Waals surface area contributed by atoms with Gasteiger partial charge in [-0.1, -0.05) is 37.2 Å². The molecule has 8 heteroatoms. The van der Waals surface area contributed by atoms with Crippen LogP contribution in [-0.4, -0.2) is 40.4 Å². The zero-order valence-corrected chi connectivity index (χ0v) is 20.5. The number of ether oxygens (including phenoxy) is 2. The molecule has 7 nitrogen and oxygen atoms in total. The minimum Gasteiger partial charge on any atom is -0.494 e. The zero-order chi connectivity index (χ0) is 23.8. The molecule has 0 unspecified atom stereocenters. The van der Waals surface area contributed by atoms with Crippen LogP contribution in [0.4, 0.5) is 5.13 Å². The summed E-state index contributed by atoms with van der Waals surface area (Å²) in [7, 11) is 0. The number of fused-ring (bicyclic) bond motifs is 1. The van der Waals surface area contributed by atoms with E-state index in [-0.39, 0.29) is 5.91 Å². The van der Waals surface area contributed by atoms with Crippen molar-refractivity contribution in [2.24, 2.45) is 0 Å². The molecule has 0 radical (unpaired) electrons. The van der Waals surface area contributed by atoms with Crippen LogP contribution in [0, 0.1) is 0 Å². The van der Waals surface area contributed by atoms with E-state index in [4.69, 9.17) is 14.5 Å². The van der Waals surface area contributed by atoms with Gasteiger partial charge in [-0.3, -0.25) is 14.4 Å². The second-order valence-electron chi connectivity index (χ2n) is 7.84. The van der Waals surface area contributed by atoms with Crippen LogP contribution in [0.5, 0.6) is 11.5 Å². The van der Waals surface area contributed by atoms with Crippen molar-refractivity contribution in [1.82, 2.24) is 14.8 Å². The SMILES string of the molecule is CCCCCOc1ccc(C(=O)N(CCn2cccn2)c2nc3c(OCC)cccc3s2)cc1. The van der Waals surface area contributed by atoms with Crippen LogP contribution >= 0.6 is 11.3 Å². The second-order valence-corrected chi connectivity index (χ2v) is 8.85. The number of thiazole rings is 1. The van der Waals surface area contributed by atoms with Crippen molar-refractivity contribution in [2.75, 3.05) is 24.7 Å². The fraction of sp³-hybridized carbons (Fsp3) is 0.346. The van der Waals surface area contributed by atoms with Gasteiger partial charge in [0.05, 0.1) is 24.5 Å². The Morgan fingerprint density at radius 3 is 2.65 bits per heavy atom. The van der Waals surface area contributed by atoms with Gasteiger partial charge in [-0.05, 0) is 55.8 Å². The van der Waals surface area contributed by atoms with Gasteiger partial charge in [0.2, 0.25) is 0 Å². The first kappa shape index (κ1) is 23.8. The van der Waals surface area contributed by atoms with E-state index in [2.05, 4.69) is 12.0 Å². The van der Waals surface area contributed by atoms with Gasteiger partial charge >= 0.3 is 0 Å². The number of amides is 1. The van der Waals surface area contributed by atoms with Crippen LogP contribution in [0.1, 0.15) is 43.5 Å². The van der Waals surface area contributed by atoms with Gasteiger partial charge in [-0.2, -0.15) is 5.10 Å². The van der Waals surface area contributed by atoms with Crippen LogP contribution in [0.25, 0.3) is 10.2 Å². The highest BCUT2D eigenvalue weighted by Gasteiger charge is 2.22. The summed E-state index contributed by atoms with van der Waals surface area (Å²) in [6.07, 6.45) is 6.95. The molecule has 0 aliphatic heterocycles. The second kappa shape index (κ2) is 11.7. The summed E-state index contributed by atoms with van der Waals surface area (Å²) in [6, 6.07) is 15.1. The third kappa shape index (κ3) is 5.75. The number of rotatable bonds is 12. The van der Waals surface area contributed by atoms with Gasteiger partial charge in [-0.15, -0.1) is 0 Å². The molecule has 0 N–H and O–H groups in total. The number of nitrogens with zero attached hydrogens (tertiary/aromatic N) is 4. The van der Waals surface area contributed by atoms with Gasteiger partial charge in [0, 0.05) is 24.5 Å². The molecule has 2 aromatic carbocycles. The number of benzene rings is 2. The molecule has 0 bridgehead atoms. The van der Waals surface area contributed by atoms with Crippen molar-refractivity contribution >= 4 is 32.6 Å². The van der Waals surface area contributed by atoms with Gasteiger partial charge in [0.1, 0.15) is 17.0 Å². The molecule has 0 fully saturated rings. The maximum atomic E-state index is 13.6. The van der Waals surface area contributed by atoms with E-state index in [0.717, 1.165) is 41.0 Å². The summed E-state index contributed by atoms with van der Waals surface area (Å²) in [5.41, 5.74) is 1.36. The Hall–Kier alpha value is -3.39. The van der Waals surface area contributed by atoms with E-state index < -0.39 is 0 Å². The highest BCUT2D eigenvalue weighted by molar-refractivity contribution is 7.22. The molecule has 34 heavy (non-hydrogen) atoms. The van der Waals surface area contributed by atoms with Crippen molar-refractivity contribution in [3.63, 3.8) is 0 Å². The Labute approximate surface area is 203 Å². The number of hydrogen-bond acceptors (Lipinski definition) is 6. The standard InChI is InChI=1S/C26H30N4O3S/c1-3-5-6-19-33-21-13-11-20(12-14-21)25(31)30(18-17-29-16-8-15-27-29)26-28-24-22(32-4-2)9-7-10-23(24)34-26/h7-16H,3-6,17-19H2,1-2H3. The number of hydrogen-bond donors (Lipinski definition) is 0. The number of para-hydroxylation sites is 1. The van der Waals surface area contributed by atoms with Crippen LogP contribution in [-0.2, 0) is 6.54 Å². The van der Waals surface area contributed by atoms with Crippen molar-refractivity contribution in [1.29, 1.82) is 0 Å². The molecule has 4 aromatic rings. The Balaban J connectivity index is 1.57. The first-order valence-electron chi connectivity index (χ1n) is 11.7. The predicted octanol–water partition coefficient (Wildman–Crippen LogP) is 5.81. The van der Waals surface area contributed by atoms with E-state index >= 15 is 0 Å². The van der Waals surface area contributed by atoms with E-state index in [1.54, 1.807) is 11.1 Å². The summed E-state index contributed by atoms with van der Waals surface area (Å²) in [5.74, 6) is 1.39. The topological polar surface area (TPSA) is 69.5 Å². The number of aromatic nitrogens is 3. The molecular weight excluding hydrogens is 448 g/mol. The third-order valence-corrected chi connectivity index (χ3v) is 6.42. The molecular formula is C26H30N4O3S. The lowest BCUT2D eigenvalue weighted by molar-refractivity contribution is 0.0985. The van der Waals surface area contributed by atoms with Gasteiger partial charge in [0.25, 0.3) is 5.91 Å². The summed E-state index contributed by atoms with van der Waals surface area (Å²) in [5, 5.41) is 4.91. The Kier molecular flexibility index (Phi) is 8.14. The average Bonchev–Trinajstić information content (AvgIpc) is 3.53. The maximum Gasteiger partial charge on any atom is 0.260 e. The quantitative estimate of drug-likeness (QED) is 0.240. The molecule has 2 aromatic heterocycles. The number of carbonyl (C=O) groups is 1. The molecule has 0 saturated carbocycles. The van der Waals surface area contributed by atoms with Gasteiger partial charge in [0.15, 0.2) is 5.13 Å². The lowest BCUT2D eigenvalue weighted by atomic mass is 10.2. The Morgan fingerprint density at radius 2 is 1.91 bits per heavy atom. The summed E-state index contributed by atoms with van der Waals surface area (Å²) < 4.78 is 14.3. The molecule has 2 heterocycles. The summed E-state index contributed by atoms with van der Waals surface area (Å²) >= 11 is 1.48. The van der Waals surface area contributed by atoms with E-state index in [1.807, 2.05) is 66.3 Å². The molecule has 1 amide bonds. The normalized spacial score (nSPS) is 11.0. The Morgan fingerprint density at radius 1 is 1.06 bits per heavy atom. The number of unbranched alkanes of at least 4 members (excludes halogenated alkanes) is 2. The zero-order valence-electron chi connectivity index (χ0n) is 19.6. The highest BCUT2D eigenvalue weighted by atomic mass is 32.1. The lowest BCUT2D eigenvalue weighted by Crippen LogP contribution is -2.34. The fourth-order valence-electron chi connectivity index (χ4n) is 3.61. The van der Waals surface area contributed by atoms with Crippen LogP contribution in [0.15, 0.2) is 60.9 Å². The van der Waals surface area contributed by atoms with Crippen molar-refractivity contribution in [3.05, 3.63) is 66.5 Å². The molecule has 0 saturated heterocycles. The lowest BCUT2D eigenvalue weighted by Gasteiger charge is -2.20. The third-order valence-electron chi connectivity index (χ3n) is 5.38. The minimum absolute atomic E-state index is 0.110. The Bertz CT molecular complexity index is 1190. The smallest absolute Gasteiger partial charge is 0.260 e. The van der Waals surface area contributed by atoms with Crippen molar-refractivity contribution in [2.45, 2.75) is 39.7 Å². The number of carbonyl (C=O) groups excluding carboxylic acids is 1. The van der Waals surface area contributed by atoms with Crippen molar-refractivity contribution in [3.8, 4) is 11.5 Å². The van der Waals surface area contributed by atoms with Gasteiger partial charge < -0.3 is 9.47 Å². The monoisotopic (exact) mass is 478 g/mol. The highest BCUT2D eigenvalue weighted by Crippen LogP contribution is 2.35. The maximum absolute atomic E-state index is 13.6. The molecule has 0 atom stereocenters. The summed E-state index contributed by atoms with van der Waals surface area (Å²) in [4.78, 5) is 20.1. The molecule has 0 aliphatic rings. The number of anilines is 1. The molecule has 0 spiro atoms. The van der Waals surface area contributed by atoms with Gasteiger partial charge in [-0.25, -0.2) is 4.98 Å². The largest absolute Gasteiger partial charge is 0.494 e. The van der Waals surface area contributed by atoms with Crippen LogP contribution < -0.4 is 14.4 Å². The van der Waals surface area contributed by atoms with E-state index in [0.29, 0.717) is 37.0 Å². The van der Waals surface area contributed by atoms with Crippen molar-refractivity contribution < 1.29 is 14.3 Å². The fourth-order valence-corrected chi connectivity index (χ4v) is 4.62. The first-order chi connectivity index (χ1) is 16.7. The van der Waals surface area contributed by atoms with E-state index in [1.165, 1.54) is 11.3 Å². The van der Waals surface area contributed by atoms with Crippen LogP contribution in [0.3, 0.4) is 0 Å². The molecule has 0 aliphatic carbocycles. The first-order valence-corrected chi connectivity index (χ1v) is 12.6. The predicted molar refractivity (Wildman–Crippen MR) is 136 cm³/mol. The molecule has 4 rings (SSSR count).